The van der Waals surface area contributed by atoms with Crippen LogP contribution in [0.3, 0.4) is 0 Å². The molecule has 1 saturated carbocycles. The molecule has 0 aromatic carbocycles. The normalized spacial score (nSPS) is 23.3. The molecule has 118 valence electrons. The number of carbonyl (C=O) groups excluding carboxylic acids is 1. The summed E-state index contributed by atoms with van der Waals surface area (Å²) in [7, 11) is 0. The summed E-state index contributed by atoms with van der Waals surface area (Å²) in [5.74, 6) is 0.719. The maximum Gasteiger partial charge on any atom is 0.408 e. The van der Waals surface area contributed by atoms with E-state index in [0.29, 0.717) is 6.04 Å². The Morgan fingerprint density at radius 3 is 2.76 bits per heavy atom. The van der Waals surface area contributed by atoms with Crippen molar-refractivity contribution in [1.29, 1.82) is 0 Å². The number of carbonyl (C=O) groups is 1. The molecule has 0 bridgehead atoms. The van der Waals surface area contributed by atoms with Gasteiger partial charge in [-0.25, -0.2) is 9.78 Å². The predicted octanol–water partition coefficient (Wildman–Crippen LogP) is 2.41. The molecule has 2 rings (SSSR count). The van der Waals surface area contributed by atoms with Crippen LogP contribution in [0, 0.1) is 5.92 Å². The molecule has 0 saturated heterocycles. The molecule has 0 radical (unpaired) electrons. The van der Waals surface area contributed by atoms with Gasteiger partial charge in [0.25, 0.3) is 0 Å². The van der Waals surface area contributed by atoms with Crippen LogP contribution >= 0.6 is 0 Å². The molecule has 0 spiro atoms. The maximum absolute atomic E-state index is 11.9. The number of aliphatic hydroxyl groups excluding tert-OH is 1. The van der Waals surface area contributed by atoms with E-state index >= 15 is 0 Å². The molecule has 1 aromatic rings. The summed E-state index contributed by atoms with van der Waals surface area (Å²) >= 11 is 0. The highest BCUT2D eigenvalue weighted by Gasteiger charge is 2.30. The molecule has 1 unspecified atom stereocenters. The lowest BCUT2D eigenvalue weighted by molar-refractivity contribution is 0.0476. The zero-order valence-corrected chi connectivity index (χ0v) is 13.2. The van der Waals surface area contributed by atoms with Crippen molar-refractivity contribution in [3.05, 3.63) is 18.2 Å². The molecule has 0 aliphatic heterocycles. The second-order valence-electron chi connectivity index (χ2n) is 6.84. The van der Waals surface area contributed by atoms with E-state index in [1.54, 1.807) is 33.3 Å². The highest BCUT2D eigenvalue weighted by Crippen LogP contribution is 2.38. The van der Waals surface area contributed by atoms with Crippen molar-refractivity contribution in [1.82, 2.24) is 14.9 Å². The molecule has 21 heavy (non-hydrogen) atoms. The first-order valence-corrected chi connectivity index (χ1v) is 7.42. The summed E-state index contributed by atoms with van der Waals surface area (Å²) in [6.07, 6.45) is 5.14. The minimum atomic E-state index is -0.562. The summed E-state index contributed by atoms with van der Waals surface area (Å²) in [5.41, 5.74) is 0.258. The molecule has 1 aliphatic rings. The molecule has 6 nitrogen and oxygen atoms in total. The quantitative estimate of drug-likeness (QED) is 0.894. The van der Waals surface area contributed by atoms with Crippen molar-refractivity contribution >= 4 is 6.09 Å². The molecule has 1 amide bonds. The Hall–Kier alpha value is -1.56. The average Bonchev–Trinajstić information content (AvgIpc) is 2.78. The van der Waals surface area contributed by atoms with Crippen molar-refractivity contribution in [2.24, 2.45) is 5.92 Å². The largest absolute Gasteiger partial charge is 0.444 e. The van der Waals surface area contributed by atoms with Crippen molar-refractivity contribution in [2.75, 3.05) is 6.61 Å². The van der Waals surface area contributed by atoms with Gasteiger partial charge in [-0.15, -0.1) is 0 Å². The topological polar surface area (TPSA) is 76.4 Å². The minimum absolute atomic E-state index is 0.187. The number of alkyl carbamates (subject to hydrolysis) is 1. The van der Waals surface area contributed by atoms with E-state index in [-0.39, 0.29) is 6.61 Å². The average molecular weight is 295 g/mol. The van der Waals surface area contributed by atoms with Crippen molar-refractivity contribution in [3.8, 4) is 0 Å². The van der Waals surface area contributed by atoms with Crippen molar-refractivity contribution in [3.63, 3.8) is 0 Å². The van der Waals surface area contributed by atoms with E-state index in [4.69, 9.17) is 4.74 Å². The first-order valence-electron chi connectivity index (χ1n) is 7.42. The first-order chi connectivity index (χ1) is 9.80. The number of ether oxygens (including phenoxy) is 1. The Morgan fingerprint density at radius 2 is 2.24 bits per heavy atom. The number of imidazole rings is 1. The van der Waals surface area contributed by atoms with E-state index in [1.165, 1.54) is 0 Å². The van der Waals surface area contributed by atoms with Gasteiger partial charge >= 0.3 is 6.09 Å². The van der Waals surface area contributed by atoms with E-state index in [0.717, 1.165) is 24.5 Å². The van der Waals surface area contributed by atoms with Crippen LogP contribution in [0.15, 0.2) is 12.5 Å². The zero-order chi connectivity index (χ0) is 15.6. The Balaban J connectivity index is 2.04. The number of hydrogen-bond acceptors (Lipinski definition) is 4. The zero-order valence-electron chi connectivity index (χ0n) is 13.2. The number of aliphatic hydroxyl groups is 1. The van der Waals surface area contributed by atoms with Gasteiger partial charge in [-0.05, 0) is 39.5 Å². The predicted molar refractivity (Wildman–Crippen MR) is 78.9 cm³/mol. The molecule has 1 aromatic heterocycles. The smallest absolute Gasteiger partial charge is 0.408 e. The third kappa shape index (κ3) is 3.97. The lowest BCUT2D eigenvalue weighted by atomic mass is 9.81. The second kappa shape index (κ2) is 6.05. The molecule has 1 aliphatic carbocycles. The van der Waals surface area contributed by atoms with Gasteiger partial charge in [0.2, 0.25) is 0 Å². The number of nitrogens with one attached hydrogen (secondary N) is 1. The van der Waals surface area contributed by atoms with E-state index in [9.17, 15) is 9.90 Å². The van der Waals surface area contributed by atoms with Crippen LogP contribution in [-0.4, -0.2) is 33.0 Å². The summed E-state index contributed by atoms with van der Waals surface area (Å²) < 4.78 is 7.29. The third-order valence-corrected chi connectivity index (χ3v) is 3.67. The van der Waals surface area contributed by atoms with Crippen LogP contribution in [0.2, 0.25) is 0 Å². The van der Waals surface area contributed by atoms with Gasteiger partial charge in [-0.1, -0.05) is 6.92 Å². The maximum atomic E-state index is 11.9. The molecule has 2 N–H and O–H groups in total. The molecule has 6 heteroatoms. The van der Waals surface area contributed by atoms with Gasteiger partial charge in [-0.3, -0.25) is 0 Å². The number of hydrogen-bond donors (Lipinski definition) is 2. The third-order valence-electron chi connectivity index (χ3n) is 3.67. The lowest BCUT2D eigenvalue weighted by Gasteiger charge is -2.35. The van der Waals surface area contributed by atoms with E-state index < -0.39 is 17.7 Å². The first kappa shape index (κ1) is 15.8. The summed E-state index contributed by atoms with van der Waals surface area (Å²) in [6, 6.07) is -0.0924. The lowest BCUT2D eigenvalue weighted by Crippen LogP contribution is -2.38. The summed E-state index contributed by atoms with van der Waals surface area (Å²) in [6.45, 7) is 7.45. The van der Waals surface area contributed by atoms with Crippen LogP contribution in [0.25, 0.3) is 0 Å². The Kier molecular flexibility index (Phi) is 4.56. The van der Waals surface area contributed by atoms with Crippen LogP contribution in [-0.2, 0) is 4.74 Å². The van der Waals surface area contributed by atoms with Gasteiger partial charge in [0.05, 0.1) is 30.9 Å². The molecule has 1 fully saturated rings. The Morgan fingerprint density at radius 1 is 1.57 bits per heavy atom. The molecule has 1 heterocycles. The Labute approximate surface area is 125 Å². The standard InChI is InChI=1S/C15H25N3O3/c1-10-5-11(6-10)18-9-16-7-13(18)12(8-19)17-14(20)21-15(2,3)4/h7,9-12,19H,5-6,8H2,1-4H3,(H,17,20). The fourth-order valence-electron chi connectivity index (χ4n) is 2.64. The molecular formula is C15H25N3O3. The van der Waals surface area contributed by atoms with Crippen molar-refractivity contribution in [2.45, 2.75) is 58.2 Å². The van der Waals surface area contributed by atoms with E-state index in [2.05, 4.69) is 21.8 Å². The molecular weight excluding hydrogens is 270 g/mol. The van der Waals surface area contributed by atoms with Crippen LogP contribution in [0.5, 0.6) is 0 Å². The SMILES string of the molecule is CC1CC(n2cncc2C(CO)NC(=O)OC(C)(C)C)C1. The number of rotatable bonds is 4. The fraction of sp³-hybridized carbons (Fsp3) is 0.733. The Bertz CT molecular complexity index is 487. The monoisotopic (exact) mass is 295 g/mol. The van der Waals surface area contributed by atoms with Gasteiger partial charge in [0.15, 0.2) is 0 Å². The van der Waals surface area contributed by atoms with Gasteiger partial charge in [0.1, 0.15) is 5.60 Å². The number of amides is 1. The number of aromatic nitrogens is 2. The summed E-state index contributed by atoms with van der Waals surface area (Å²) in [5, 5.41) is 12.3. The van der Waals surface area contributed by atoms with Gasteiger partial charge < -0.3 is 19.7 Å². The highest BCUT2D eigenvalue weighted by molar-refractivity contribution is 5.68. The number of nitrogens with zero attached hydrogens (tertiary/aromatic N) is 2. The van der Waals surface area contributed by atoms with Gasteiger partial charge in [-0.2, -0.15) is 0 Å². The fourth-order valence-corrected chi connectivity index (χ4v) is 2.64. The van der Waals surface area contributed by atoms with Crippen LogP contribution in [0.1, 0.15) is 58.3 Å². The van der Waals surface area contributed by atoms with Crippen molar-refractivity contribution < 1.29 is 14.6 Å². The highest BCUT2D eigenvalue weighted by atomic mass is 16.6. The van der Waals surface area contributed by atoms with E-state index in [1.807, 2.05) is 0 Å². The van der Waals surface area contributed by atoms with Gasteiger partial charge in [0, 0.05) is 6.04 Å². The summed E-state index contributed by atoms with van der Waals surface area (Å²) in [4.78, 5) is 16.0. The van der Waals surface area contributed by atoms with Crippen LogP contribution < -0.4 is 5.32 Å². The van der Waals surface area contributed by atoms with Crippen LogP contribution in [0.4, 0.5) is 4.79 Å². The minimum Gasteiger partial charge on any atom is -0.444 e. The molecule has 1 atom stereocenters. The second-order valence-corrected chi connectivity index (χ2v) is 6.84.